The van der Waals surface area contributed by atoms with E-state index in [2.05, 4.69) is 14.1 Å². The number of nitrogens with one attached hydrogen (secondary N) is 1. The highest BCUT2D eigenvalue weighted by Gasteiger charge is 2.28. The van der Waals surface area contributed by atoms with Gasteiger partial charge in [-0.05, 0) is 39.3 Å². The first-order chi connectivity index (χ1) is 8.33. The lowest BCUT2D eigenvalue weighted by atomic mass is 9.99. The Hall–Kier alpha value is -1.01. The van der Waals surface area contributed by atoms with Crippen LogP contribution in [0.15, 0.2) is 6.20 Å². The molecular weight excluding hydrogens is 236 g/mol. The molecule has 5 nitrogen and oxygen atoms in total. The summed E-state index contributed by atoms with van der Waals surface area (Å²) in [5.41, 5.74) is 0.492. The second-order valence-corrected chi connectivity index (χ2v) is 4.89. The Morgan fingerprint density at radius 1 is 1.65 bits per heavy atom. The molecule has 0 spiro atoms. The molecule has 0 aliphatic carbocycles. The van der Waals surface area contributed by atoms with Crippen molar-refractivity contribution in [3.05, 3.63) is 11.9 Å². The van der Waals surface area contributed by atoms with Crippen molar-refractivity contribution in [2.45, 2.75) is 31.7 Å². The zero-order valence-electron chi connectivity index (χ0n) is 10.1. The molecule has 17 heavy (non-hydrogen) atoms. The van der Waals surface area contributed by atoms with E-state index in [0.717, 1.165) is 44.1 Å². The zero-order valence-corrected chi connectivity index (χ0v) is 10.9. The summed E-state index contributed by atoms with van der Waals surface area (Å²) in [5, 5.41) is 3.15. The van der Waals surface area contributed by atoms with Gasteiger partial charge in [0.05, 0.1) is 17.9 Å². The summed E-state index contributed by atoms with van der Waals surface area (Å²) in [6.45, 7) is 1.80. The van der Waals surface area contributed by atoms with Gasteiger partial charge < -0.3 is 10.2 Å². The highest BCUT2D eigenvalue weighted by molar-refractivity contribution is 6.99. The van der Waals surface area contributed by atoms with Crippen LogP contribution in [0.4, 0.5) is 0 Å². The molecule has 1 fully saturated rings. The molecule has 0 bridgehead atoms. The minimum absolute atomic E-state index is 0.0413. The van der Waals surface area contributed by atoms with Crippen molar-refractivity contribution in [3.8, 4) is 0 Å². The maximum absolute atomic E-state index is 12.2. The fraction of sp³-hybridized carbons (Fsp3) is 0.727. The van der Waals surface area contributed by atoms with E-state index in [4.69, 9.17) is 0 Å². The lowest BCUT2D eigenvalue weighted by Gasteiger charge is -2.35. The molecular formula is C11H18N4OS. The third-order valence-electron chi connectivity index (χ3n) is 3.20. The van der Waals surface area contributed by atoms with Crippen LogP contribution in [0.1, 0.15) is 36.2 Å². The van der Waals surface area contributed by atoms with Crippen LogP contribution in [-0.2, 0) is 0 Å². The van der Waals surface area contributed by atoms with Gasteiger partial charge in [0.2, 0.25) is 0 Å². The third-order valence-corrected chi connectivity index (χ3v) is 3.67. The Morgan fingerprint density at radius 3 is 3.24 bits per heavy atom. The standard InChI is InChI=1S/C11H18N4OS/c1-12-6-5-9-4-2-3-7-15(9)11(16)10-8-13-17-14-10/h8-9,12H,2-7H2,1H3. The zero-order chi connectivity index (χ0) is 12.1. The maximum Gasteiger partial charge on any atom is 0.275 e. The number of likely N-dealkylation sites (tertiary alicyclic amines) is 1. The first kappa shape index (κ1) is 12.4. The first-order valence-corrected chi connectivity index (χ1v) is 6.79. The number of carbonyl (C=O) groups is 1. The van der Waals surface area contributed by atoms with Crippen LogP contribution in [0.5, 0.6) is 0 Å². The van der Waals surface area contributed by atoms with Crippen molar-refractivity contribution < 1.29 is 4.79 Å². The molecule has 94 valence electrons. The molecule has 0 saturated carbocycles. The van der Waals surface area contributed by atoms with Gasteiger partial charge in [-0.3, -0.25) is 4.79 Å². The SMILES string of the molecule is CNCCC1CCCCN1C(=O)c1cnsn1. The number of piperidine rings is 1. The minimum Gasteiger partial charge on any atom is -0.334 e. The quantitative estimate of drug-likeness (QED) is 0.875. The lowest BCUT2D eigenvalue weighted by Crippen LogP contribution is -2.44. The van der Waals surface area contributed by atoms with Gasteiger partial charge in [-0.1, -0.05) is 0 Å². The van der Waals surface area contributed by atoms with Crippen molar-refractivity contribution in [2.24, 2.45) is 0 Å². The molecule has 1 aromatic rings. The van der Waals surface area contributed by atoms with E-state index in [1.165, 1.54) is 6.42 Å². The summed E-state index contributed by atoms with van der Waals surface area (Å²) in [6.07, 6.45) is 5.99. The number of rotatable bonds is 4. The molecule has 0 aromatic carbocycles. The Labute approximate surface area is 106 Å². The van der Waals surface area contributed by atoms with E-state index < -0.39 is 0 Å². The van der Waals surface area contributed by atoms with E-state index in [1.807, 2.05) is 11.9 Å². The van der Waals surface area contributed by atoms with Crippen molar-refractivity contribution in [3.63, 3.8) is 0 Å². The molecule has 1 unspecified atom stereocenters. The summed E-state index contributed by atoms with van der Waals surface area (Å²) in [4.78, 5) is 14.2. The number of aromatic nitrogens is 2. The highest BCUT2D eigenvalue weighted by Crippen LogP contribution is 2.21. The summed E-state index contributed by atoms with van der Waals surface area (Å²) < 4.78 is 7.93. The highest BCUT2D eigenvalue weighted by atomic mass is 32.1. The van der Waals surface area contributed by atoms with Gasteiger partial charge in [-0.2, -0.15) is 8.75 Å². The normalized spacial score (nSPS) is 20.5. The number of carbonyl (C=O) groups excluding carboxylic acids is 1. The average molecular weight is 254 g/mol. The van der Waals surface area contributed by atoms with Crippen LogP contribution in [0.3, 0.4) is 0 Å². The Morgan fingerprint density at radius 2 is 2.53 bits per heavy atom. The van der Waals surface area contributed by atoms with E-state index in [1.54, 1.807) is 6.20 Å². The van der Waals surface area contributed by atoms with Crippen molar-refractivity contribution in [2.75, 3.05) is 20.1 Å². The van der Waals surface area contributed by atoms with E-state index in [9.17, 15) is 4.79 Å². The topological polar surface area (TPSA) is 58.1 Å². The second-order valence-electron chi connectivity index (χ2n) is 4.33. The second kappa shape index (κ2) is 6.07. The van der Waals surface area contributed by atoms with E-state index in [-0.39, 0.29) is 5.91 Å². The van der Waals surface area contributed by atoms with E-state index >= 15 is 0 Å². The van der Waals surface area contributed by atoms with Gasteiger partial charge in [0, 0.05) is 12.6 Å². The van der Waals surface area contributed by atoms with Gasteiger partial charge in [0.25, 0.3) is 5.91 Å². The largest absolute Gasteiger partial charge is 0.334 e. The van der Waals surface area contributed by atoms with Crippen LogP contribution in [-0.4, -0.2) is 45.7 Å². The van der Waals surface area contributed by atoms with Crippen molar-refractivity contribution in [1.29, 1.82) is 0 Å². The molecule has 2 heterocycles. The molecule has 1 aromatic heterocycles. The number of amides is 1. The number of nitrogens with zero attached hydrogens (tertiary/aromatic N) is 3. The van der Waals surface area contributed by atoms with Crippen molar-refractivity contribution >= 4 is 17.6 Å². The van der Waals surface area contributed by atoms with Crippen molar-refractivity contribution in [1.82, 2.24) is 19.0 Å². The monoisotopic (exact) mass is 254 g/mol. The molecule has 2 rings (SSSR count). The predicted molar refractivity (Wildman–Crippen MR) is 67.1 cm³/mol. The first-order valence-electron chi connectivity index (χ1n) is 6.06. The maximum atomic E-state index is 12.2. The van der Waals surface area contributed by atoms with Gasteiger partial charge in [-0.15, -0.1) is 0 Å². The predicted octanol–water partition coefficient (Wildman–Crippen LogP) is 1.14. The number of hydrogen-bond acceptors (Lipinski definition) is 5. The molecule has 1 amide bonds. The molecule has 1 aliphatic heterocycles. The fourth-order valence-corrected chi connectivity index (χ4v) is 2.69. The molecule has 1 saturated heterocycles. The summed E-state index contributed by atoms with van der Waals surface area (Å²) in [7, 11) is 1.94. The van der Waals surface area contributed by atoms with Crippen LogP contribution >= 0.6 is 11.7 Å². The van der Waals surface area contributed by atoms with Gasteiger partial charge >= 0.3 is 0 Å². The Bertz CT molecular complexity index is 354. The average Bonchev–Trinajstić information content (AvgIpc) is 2.89. The summed E-state index contributed by atoms with van der Waals surface area (Å²) in [6, 6.07) is 0.352. The molecule has 6 heteroatoms. The van der Waals surface area contributed by atoms with Gasteiger partial charge in [0.1, 0.15) is 0 Å². The van der Waals surface area contributed by atoms with Crippen LogP contribution in [0, 0.1) is 0 Å². The molecule has 1 atom stereocenters. The van der Waals surface area contributed by atoms with Gasteiger partial charge in [-0.25, -0.2) is 0 Å². The smallest absolute Gasteiger partial charge is 0.275 e. The van der Waals surface area contributed by atoms with E-state index in [0.29, 0.717) is 11.7 Å². The Balaban J connectivity index is 2.03. The Kier molecular flexibility index (Phi) is 4.44. The third kappa shape index (κ3) is 3.01. The molecule has 1 aliphatic rings. The molecule has 0 radical (unpaired) electrons. The van der Waals surface area contributed by atoms with Crippen LogP contribution in [0.25, 0.3) is 0 Å². The lowest BCUT2D eigenvalue weighted by molar-refractivity contribution is 0.0597. The number of hydrogen-bond donors (Lipinski definition) is 1. The van der Waals surface area contributed by atoms with Gasteiger partial charge in [0.15, 0.2) is 5.69 Å². The minimum atomic E-state index is 0.0413. The summed E-state index contributed by atoms with van der Waals surface area (Å²) >= 11 is 1.09. The van der Waals surface area contributed by atoms with Crippen LogP contribution < -0.4 is 5.32 Å². The fourth-order valence-electron chi connectivity index (χ4n) is 2.29. The molecule has 1 N–H and O–H groups in total. The summed E-state index contributed by atoms with van der Waals surface area (Å²) in [5.74, 6) is 0.0413. The van der Waals surface area contributed by atoms with Crippen LogP contribution in [0.2, 0.25) is 0 Å².